The Labute approximate surface area is 99.8 Å². The van der Waals surface area contributed by atoms with E-state index in [4.69, 9.17) is 16.3 Å². The second kappa shape index (κ2) is 4.83. The lowest BCUT2D eigenvalue weighted by Crippen LogP contribution is -2.07. The molecule has 0 spiro atoms. The fourth-order valence-corrected chi connectivity index (χ4v) is 1.80. The van der Waals surface area contributed by atoms with E-state index in [0.717, 1.165) is 18.0 Å². The molecule has 1 heterocycles. The van der Waals surface area contributed by atoms with Crippen molar-refractivity contribution in [1.29, 1.82) is 0 Å². The van der Waals surface area contributed by atoms with Crippen molar-refractivity contribution >= 4 is 17.6 Å². The number of hydrogen-bond acceptors (Lipinski definition) is 3. The lowest BCUT2D eigenvalue weighted by molar-refractivity contribution is 0.0494. The van der Waals surface area contributed by atoms with Crippen LogP contribution in [0.2, 0.25) is 5.15 Å². The van der Waals surface area contributed by atoms with Crippen LogP contribution in [0.3, 0.4) is 0 Å². The van der Waals surface area contributed by atoms with E-state index in [2.05, 4.69) is 4.98 Å². The molecule has 0 radical (unpaired) electrons. The summed E-state index contributed by atoms with van der Waals surface area (Å²) in [6.45, 7) is 2.30. The zero-order valence-electron chi connectivity index (χ0n) is 9.20. The van der Waals surface area contributed by atoms with E-state index in [9.17, 15) is 4.79 Å². The van der Waals surface area contributed by atoms with Gasteiger partial charge in [-0.1, -0.05) is 24.4 Å². The van der Waals surface area contributed by atoms with Crippen LogP contribution in [0.5, 0.6) is 0 Å². The van der Waals surface area contributed by atoms with Crippen molar-refractivity contribution < 1.29 is 9.53 Å². The zero-order chi connectivity index (χ0) is 11.5. The number of carbonyl (C=O) groups is 1. The highest BCUT2D eigenvalue weighted by molar-refractivity contribution is 6.29. The Kier molecular flexibility index (Phi) is 3.44. The van der Waals surface area contributed by atoms with Crippen LogP contribution in [0.4, 0.5) is 0 Å². The van der Waals surface area contributed by atoms with Gasteiger partial charge in [-0.05, 0) is 31.4 Å². The van der Waals surface area contributed by atoms with Crippen LogP contribution in [0.25, 0.3) is 0 Å². The molecule has 0 atom stereocenters. The fourth-order valence-electron chi connectivity index (χ4n) is 1.55. The number of nitrogens with zero attached hydrogens (tertiary/aromatic N) is 1. The van der Waals surface area contributed by atoms with Crippen molar-refractivity contribution in [2.75, 3.05) is 6.61 Å². The number of aromatic nitrogens is 1. The summed E-state index contributed by atoms with van der Waals surface area (Å²) < 4.78 is 5.16. The van der Waals surface area contributed by atoms with E-state index in [1.165, 1.54) is 18.9 Å². The van der Waals surface area contributed by atoms with Gasteiger partial charge in [0, 0.05) is 5.69 Å². The van der Waals surface area contributed by atoms with Gasteiger partial charge in [0.25, 0.3) is 0 Å². The molecule has 86 valence electrons. The SMILES string of the molecule is Cc1cc(C(=O)OCCC2CC2)cc(Cl)n1. The first-order chi connectivity index (χ1) is 7.65. The Morgan fingerprint density at radius 2 is 2.31 bits per heavy atom. The highest BCUT2D eigenvalue weighted by Crippen LogP contribution is 2.32. The summed E-state index contributed by atoms with van der Waals surface area (Å²) in [6, 6.07) is 3.22. The minimum atomic E-state index is -0.312. The molecule has 0 unspecified atom stereocenters. The minimum Gasteiger partial charge on any atom is -0.462 e. The summed E-state index contributed by atoms with van der Waals surface area (Å²) >= 11 is 5.77. The summed E-state index contributed by atoms with van der Waals surface area (Å²) in [7, 11) is 0. The fraction of sp³-hybridized carbons (Fsp3) is 0.500. The van der Waals surface area contributed by atoms with E-state index in [-0.39, 0.29) is 5.97 Å². The van der Waals surface area contributed by atoms with Gasteiger partial charge in [-0.2, -0.15) is 0 Å². The van der Waals surface area contributed by atoms with E-state index >= 15 is 0 Å². The quantitative estimate of drug-likeness (QED) is 0.599. The van der Waals surface area contributed by atoms with Crippen LogP contribution < -0.4 is 0 Å². The first-order valence-electron chi connectivity index (χ1n) is 5.46. The van der Waals surface area contributed by atoms with Crippen LogP contribution >= 0.6 is 11.6 Å². The summed E-state index contributed by atoms with van der Waals surface area (Å²) in [4.78, 5) is 15.6. The van der Waals surface area contributed by atoms with Gasteiger partial charge in [0.05, 0.1) is 12.2 Å². The summed E-state index contributed by atoms with van der Waals surface area (Å²) in [6.07, 6.45) is 3.53. The number of rotatable bonds is 4. The van der Waals surface area contributed by atoms with Gasteiger partial charge in [0.2, 0.25) is 0 Å². The van der Waals surface area contributed by atoms with Gasteiger partial charge in [-0.3, -0.25) is 0 Å². The van der Waals surface area contributed by atoms with Crippen LogP contribution in [0.15, 0.2) is 12.1 Å². The maximum absolute atomic E-state index is 11.6. The number of carbonyl (C=O) groups excluding carboxylic acids is 1. The highest BCUT2D eigenvalue weighted by Gasteiger charge is 2.21. The maximum atomic E-state index is 11.6. The Morgan fingerprint density at radius 3 is 2.94 bits per heavy atom. The standard InChI is InChI=1S/C12H14ClNO2/c1-8-6-10(7-11(13)14-8)12(15)16-5-4-9-2-3-9/h6-7,9H,2-5H2,1H3. The molecule has 0 amide bonds. The first-order valence-corrected chi connectivity index (χ1v) is 5.84. The lowest BCUT2D eigenvalue weighted by atomic mass is 10.2. The van der Waals surface area contributed by atoms with Crippen molar-refractivity contribution in [3.8, 4) is 0 Å². The van der Waals surface area contributed by atoms with Gasteiger partial charge in [-0.25, -0.2) is 9.78 Å². The van der Waals surface area contributed by atoms with Crippen LogP contribution in [0.1, 0.15) is 35.3 Å². The van der Waals surface area contributed by atoms with Crippen molar-refractivity contribution in [1.82, 2.24) is 4.98 Å². The Bertz CT molecular complexity index is 382. The predicted octanol–water partition coefficient (Wildman–Crippen LogP) is 3.00. The highest BCUT2D eigenvalue weighted by atomic mass is 35.5. The second-order valence-corrected chi connectivity index (χ2v) is 4.58. The van der Waals surface area contributed by atoms with Crippen LogP contribution in [-0.2, 0) is 4.74 Å². The molecular formula is C12H14ClNO2. The van der Waals surface area contributed by atoms with Crippen molar-refractivity contribution in [3.05, 3.63) is 28.5 Å². The normalized spacial score (nSPS) is 14.9. The molecule has 1 aliphatic rings. The largest absolute Gasteiger partial charge is 0.462 e. The number of ether oxygens (including phenoxy) is 1. The summed E-state index contributed by atoms with van der Waals surface area (Å²) in [5, 5.41) is 0.328. The van der Waals surface area contributed by atoms with Crippen molar-refractivity contribution in [2.45, 2.75) is 26.2 Å². The number of esters is 1. The van der Waals surface area contributed by atoms with Gasteiger partial charge in [0.15, 0.2) is 0 Å². The smallest absolute Gasteiger partial charge is 0.338 e. The number of pyridine rings is 1. The molecule has 0 N–H and O–H groups in total. The molecule has 3 nitrogen and oxygen atoms in total. The van der Waals surface area contributed by atoms with E-state index in [0.29, 0.717) is 17.3 Å². The molecule has 4 heteroatoms. The Morgan fingerprint density at radius 1 is 1.56 bits per heavy atom. The van der Waals surface area contributed by atoms with Gasteiger partial charge >= 0.3 is 5.97 Å². The van der Waals surface area contributed by atoms with Crippen LogP contribution in [-0.4, -0.2) is 17.6 Å². The molecule has 0 bridgehead atoms. The van der Waals surface area contributed by atoms with Gasteiger partial charge < -0.3 is 4.74 Å². The predicted molar refractivity (Wildman–Crippen MR) is 61.6 cm³/mol. The number of hydrogen-bond donors (Lipinski definition) is 0. The van der Waals surface area contributed by atoms with E-state index < -0.39 is 0 Å². The molecule has 1 saturated carbocycles. The first kappa shape index (κ1) is 11.4. The van der Waals surface area contributed by atoms with Crippen LogP contribution in [0, 0.1) is 12.8 Å². The number of halogens is 1. The molecule has 0 aliphatic heterocycles. The topological polar surface area (TPSA) is 39.2 Å². The minimum absolute atomic E-state index is 0.312. The molecule has 1 aromatic heterocycles. The molecule has 0 saturated heterocycles. The molecule has 1 aliphatic carbocycles. The summed E-state index contributed by atoms with van der Waals surface area (Å²) in [5.74, 6) is 0.462. The Hall–Kier alpha value is -1.09. The lowest BCUT2D eigenvalue weighted by Gasteiger charge is -2.05. The second-order valence-electron chi connectivity index (χ2n) is 4.19. The summed E-state index contributed by atoms with van der Waals surface area (Å²) in [5.41, 5.74) is 1.20. The molecular weight excluding hydrogens is 226 g/mol. The Balaban J connectivity index is 1.91. The third kappa shape index (κ3) is 3.20. The van der Waals surface area contributed by atoms with E-state index in [1.54, 1.807) is 13.0 Å². The van der Waals surface area contributed by atoms with Crippen molar-refractivity contribution in [3.63, 3.8) is 0 Å². The average molecular weight is 240 g/mol. The molecule has 2 rings (SSSR count). The molecule has 1 aromatic rings. The molecule has 1 fully saturated rings. The maximum Gasteiger partial charge on any atom is 0.338 e. The van der Waals surface area contributed by atoms with Crippen molar-refractivity contribution in [2.24, 2.45) is 5.92 Å². The number of aryl methyl sites for hydroxylation is 1. The van der Waals surface area contributed by atoms with Gasteiger partial charge in [-0.15, -0.1) is 0 Å². The monoisotopic (exact) mass is 239 g/mol. The third-order valence-electron chi connectivity index (χ3n) is 2.61. The molecule has 0 aromatic carbocycles. The zero-order valence-corrected chi connectivity index (χ0v) is 9.96. The average Bonchev–Trinajstić information content (AvgIpc) is 3.00. The van der Waals surface area contributed by atoms with Gasteiger partial charge in [0.1, 0.15) is 5.15 Å². The molecule has 16 heavy (non-hydrogen) atoms. The van der Waals surface area contributed by atoms with E-state index in [1.807, 2.05) is 0 Å². The third-order valence-corrected chi connectivity index (χ3v) is 2.81.